The number of rotatable bonds is 1. The Morgan fingerprint density at radius 2 is 2.13 bits per heavy atom. The number of nitriles is 1. The molecular weight excluding hydrogens is 438 g/mol. The third-order valence-electron chi connectivity index (χ3n) is 5.39. The predicted molar refractivity (Wildman–Crippen MR) is 119 cm³/mol. The first-order valence-corrected chi connectivity index (χ1v) is 11.0. The summed E-state index contributed by atoms with van der Waals surface area (Å²) >= 11 is 7.10. The molecule has 31 heavy (non-hydrogen) atoms. The van der Waals surface area contributed by atoms with E-state index in [0.717, 1.165) is 11.3 Å². The van der Waals surface area contributed by atoms with Crippen molar-refractivity contribution in [3.63, 3.8) is 0 Å². The number of ether oxygens (including phenoxy) is 1. The van der Waals surface area contributed by atoms with Gasteiger partial charge in [0.25, 0.3) is 0 Å². The van der Waals surface area contributed by atoms with Gasteiger partial charge in [-0.25, -0.2) is 14.6 Å². The number of anilines is 2. The molecule has 0 aliphatic carbocycles. The van der Waals surface area contributed by atoms with Crippen molar-refractivity contribution in [1.29, 1.82) is 5.26 Å². The van der Waals surface area contributed by atoms with E-state index in [0.29, 0.717) is 41.1 Å². The Bertz CT molecular complexity index is 1090. The molecule has 1 aromatic carbocycles. The van der Waals surface area contributed by atoms with E-state index in [9.17, 15) is 14.9 Å². The van der Waals surface area contributed by atoms with E-state index in [1.807, 2.05) is 26.8 Å². The fourth-order valence-corrected chi connectivity index (χ4v) is 4.90. The summed E-state index contributed by atoms with van der Waals surface area (Å²) in [4.78, 5) is 33.1. The monoisotopic (exact) mass is 459 g/mol. The Morgan fingerprint density at radius 3 is 2.77 bits per heavy atom. The van der Waals surface area contributed by atoms with Crippen molar-refractivity contribution in [3.8, 4) is 6.07 Å². The number of hydrogen-bond donors (Lipinski definition) is 1. The van der Waals surface area contributed by atoms with E-state index in [1.165, 1.54) is 17.5 Å². The van der Waals surface area contributed by atoms with Crippen molar-refractivity contribution < 1.29 is 14.3 Å². The van der Waals surface area contributed by atoms with Gasteiger partial charge in [0, 0.05) is 30.7 Å². The summed E-state index contributed by atoms with van der Waals surface area (Å²) in [6, 6.07) is 7.14. The topological polar surface area (TPSA) is 98.6 Å². The van der Waals surface area contributed by atoms with Crippen LogP contribution < -0.4 is 10.2 Å². The van der Waals surface area contributed by atoms with E-state index in [4.69, 9.17) is 16.3 Å². The Hall–Kier alpha value is -2.83. The second-order valence-electron chi connectivity index (χ2n) is 8.76. The summed E-state index contributed by atoms with van der Waals surface area (Å²) in [5.74, 6) is 0. The average Bonchev–Trinajstić information content (AvgIpc) is 3.39. The largest absolute Gasteiger partial charge is 0.444 e. The van der Waals surface area contributed by atoms with Crippen LogP contribution in [0.2, 0.25) is 4.34 Å². The van der Waals surface area contributed by atoms with Gasteiger partial charge in [-0.2, -0.15) is 5.26 Å². The van der Waals surface area contributed by atoms with Crippen molar-refractivity contribution in [1.82, 2.24) is 9.88 Å². The molecule has 1 N–H and O–H groups in total. The second kappa shape index (κ2) is 7.70. The van der Waals surface area contributed by atoms with Crippen LogP contribution in [0.4, 0.5) is 20.4 Å². The molecule has 0 saturated carbocycles. The number of hydrogen-bond acceptors (Lipinski definition) is 6. The minimum atomic E-state index is -0.588. The van der Waals surface area contributed by atoms with Gasteiger partial charge in [0.05, 0.1) is 17.8 Å². The van der Waals surface area contributed by atoms with Gasteiger partial charge in [0.2, 0.25) is 0 Å². The quantitative estimate of drug-likeness (QED) is 0.671. The minimum Gasteiger partial charge on any atom is -0.444 e. The predicted octanol–water partition coefficient (Wildman–Crippen LogP) is 4.60. The van der Waals surface area contributed by atoms with Crippen LogP contribution in [0.15, 0.2) is 24.4 Å². The molecule has 8 nitrogen and oxygen atoms in total. The van der Waals surface area contributed by atoms with Gasteiger partial charge in [0.15, 0.2) is 5.13 Å². The highest BCUT2D eigenvalue weighted by Gasteiger charge is 2.50. The number of carbonyl (C=O) groups is 2. The molecule has 1 saturated heterocycles. The molecule has 1 aromatic heterocycles. The van der Waals surface area contributed by atoms with Crippen LogP contribution in [-0.2, 0) is 10.2 Å². The summed E-state index contributed by atoms with van der Waals surface area (Å²) in [6.07, 6.45) is 1.78. The number of nitrogens with zero attached hydrogens (tertiary/aromatic N) is 4. The molecule has 3 heterocycles. The van der Waals surface area contributed by atoms with Crippen molar-refractivity contribution in [2.24, 2.45) is 0 Å². The first-order valence-electron chi connectivity index (χ1n) is 9.83. The number of fused-ring (bicyclic) bond motifs is 2. The van der Waals surface area contributed by atoms with Gasteiger partial charge >= 0.3 is 12.1 Å². The van der Waals surface area contributed by atoms with Gasteiger partial charge in [-0.3, -0.25) is 10.2 Å². The minimum absolute atomic E-state index is 0.329. The van der Waals surface area contributed by atoms with E-state index in [2.05, 4.69) is 16.4 Å². The fourth-order valence-electron chi connectivity index (χ4n) is 4.09. The lowest BCUT2D eigenvalue weighted by Gasteiger charge is -2.27. The Balaban J connectivity index is 1.62. The first-order chi connectivity index (χ1) is 14.6. The van der Waals surface area contributed by atoms with Crippen LogP contribution >= 0.6 is 22.9 Å². The van der Waals surface area contributed by atoms with E-state index < -0.39 is 11.0 Å². The van der Waals surface area contributed by atoms with Crippen molar-refractivity contribution in [2.45, 2.75) is 38.2 Å². The van der Waals surface area contributed by atoms with Crippen LogP contribution in [-0.4, -0.2) is 47.2 Å². The molecule has 1 unspecified atom stereocenters. The van der Waals surface area contributed by atoms with Gasteiger partial charge < -0.3 is 9.64 Å². The number of thiazole rings is 1. The summed E-state index contributed by atoms with van der Waals surface area (Å²) < 4.78 is 6.02. The van der Waals surface area contributed by atoms with Crippen LogP contribution in [0.1, 0.15) is 38.3 Å². The standard InChI is InChI=1S/C21H22ClN5O3S/c1-20(2,3)30-19(29)26-7-6-21(11-26)12-27(15-5-4-13(9-23)8-14(15)21)18(28)25-17-24-10-16(22)31-17/h4-5,8,10H,6-7,11-12H2,1-3H3,(H,24,25,28). The fraction of sp³-hybridized carbons (Fsp3) is 0.429. The molecular formula is C21H22ClN5O3S. The maximum Gasteiger partial charge on any atom is 0.410 e. The molecule has 4 rings (SSSR count). The lowest BCUT2D eigenvalue weighted by molar-refractivity contribution is 0.0285. The number of amides is 3. The van der Waals surface area contributed by atoms with E-state index >= 15 is 0 Å². The Morgan fingerprint density at radius 1 is 1.35 bits per heavy atom. The zero-order valence-electron chi connectivity index (χ0n) is 17.4. The number of likely N-dealkylation sites (tertiary alicyclic amines) is 1. The SMILES string of the molecule is CC(C)(C)OC(=O)N1CCC2(C1)CN(C(=O)Nc1ncc(Cl)s1)c1ccc(C#N)cc12. The third kappa shape index (κ3) is 4.18. The van der Waals surface area contributed by atoms with Crippen LogP contribution in [0, 0.1) is 11.3 Å². The summed E-state index contributed by atoms with van der Waals surface area (Å²) in [5.41, 5.74) is 1.09. The number of carbonyl (C=O) groups excluding carboxylic acids is 2. The summed E-state index contributed by atoms with van der Waals surface area (Å²) in [6.45, 7) is 6.81. The number of aromatic nitrogens is 1. The zero-order chi connectivity index (χ0) is 22.4. The van der Waals surface area contributed by atoms with Gasteiger partial charge in [0.1, 0.15) is 9.94 Å². The molecule has 1 atom stereocenters. The van der Waals surface area contributed by atoms with Crippen molar-refractivity contribution in [2.75, 3.05) is 29.9 Å². The van der Waals surface area contributed by atoms with Gasteiger partial charge in [-0.1, -0.05) is 22.9 Å². The van der Waals surface area contributed by atoms with E-state index in [-0.39, 0.29) is 12.1 Å². The van der Waals surface area contributed by atoms with Crippen molar-refractivity contribution in [3.05, 3.63) is 39.9 Å². The molecule has 1 fully saturated rings. The molecule has 2 aliphatic heterocycles. The van der Waals surface area contributed by atoms with Crippen molar-refractivity contribution >= 4 is 45.9 Å². The van der Waals surface area contributed by atoms with Crippen LogP contribution in [0.25, 0.3) is 0 Å². The number of benzene rings is 1. The molecule has 0 bridgehead atoms. The molecule has 3 amide bonds. The van der Waals surface area contributed by atoms with Crippen LogP contribution in [0.5, 0.6) is 0 Å². The van der Waals surface area contributed by atoms with E-state index in [1.54, 1.807) is 21.9 Å². The maximum atomic E-state index is 13.1. The highest BCUT2D eigenvalue weighted by molar-refractivity contribution is 7.19. The number of halogens is 1. The number of nitrogens with one attached hydrogen (secondary N) is 1. The lowest BCUT2D eigenvalue weighted by Crippen LogP contribution is -2.42. The highest BCUT2D eigenvalue weighted by atomic mass is 35.5. The normalized spacial score (nSPS) is 20.0. The maximum absolute atomic E-state index is 13.1. The Kier molecular flexibility index (Phi) is 5.31. The molecule has 2 aromatic rings. The molecule has 162 valence electrons. The number of urea groups is 1. The summed E-state index contributed by atoms with van der Waals surface area (Å²) in [7, 11) is 0. The Labute approximate surface area is 189 Å². The van der Waals surface area contributed by atoms with Gasteiger partial charge in [-0.15, -0.1) is 0 Å². The van der Waals surface area contributed by atoms with Crippen LogP contribution in [0.3, 0.4) is 0 Å². The summed E-state index contributed by atoms with van der Waals surface area (Å²) in [5, 5.41) is 12.6. The lowest BCUT2D eigenvalue weighted by atomic mass is 9.81. The molecule has 0 radical (unpaired) electrons. The molecule has 2 aliphatic rings. The first kappa shape index (κ1) is 21.4. The zero-order valence-corrected chi connectivity index (χ0v) is 19.0. The highest BCUT2D eigenvalue weighted by Crippen LogP contribution is 2.47. The molecule has 10 heteroatoms. The smallest absolute Gasteiger partial charge is 0.410 e. The third-order valence-corrected chi connectivity index (χ3v) is 6.42. The second-order valence-corrected chi connectivity index (χ2v) is 10.4. The molecule has 1 spiro atoms. The van der Waals surface area contributed by atoms with Gasteiger partial charge in [-0.05, 0) is 51.0 Å². The average molecular weight is 460 g/mol.